The molecule has 1 aromatic carbocycles. The largest absolute Gasteiger partial charge is 0.383 e. The van der Waals surface area contributed by atoms with E-state index in [4.69, 9.17) is 4.99 Å². The number of hydrogen-bond acceptors (Lipinski definition) is 3. The van der Waals surface area contributed by atoms with Gasteiger partial charge in [0.05, 0.1) is 6.54 Å². The second-order valence-electron chi connectivity index (χ2n) is 5.43. The minimum Gasteiger partial charge on any atom is -0.383 e. The quantitative estimate of drug-likeness (QED) is 0.327. The Hall–Kier alpha value is -1.83. The van der Waals surface area contributed by atoms with E-state index in [1.54, 1.807) is 12.4 Å². The van der Waals surface area contributed by atoms with Crippen molar-refractivity contribution >= 4 is 41.3 Å². The van der Waals surface area contributed by atoms with Crippen LogP contribution < -0.4 is 15.5 Å². The molecule has 0 saturated carbocycles. The van der Waals surface area contributed by atoms with E-state index in [0.29, 0.717) is 0 Å². The van der Waals surface area contributed by atoms with Gasteiger partial charge in [0.1, 0.15) is 0 Å². The average molecular weight is 437 g/mol. The molecule has 2 N–H and O–H groups in total. The summed E-state index contributed by atoms with van der Waals surface area (Å²) in [5.41, 5.74) is 3.74. The minimum atomic E-state index is 0. The van der Waals surface area contributed by atoms with Crippen LogP contribution in [0.15, 0.2) is 53.8 Å². The molecule has 0 amide bonds. The van der Waals surface area contributed by atoms with E-state index in [9.17, 15) is 0 Å². The van der Waals surface area contributed by atoms with Crippen molar-refractivity contribution in [2.45, 2.75) is 13.3 Å². The second-order valence-corrected chi connectivity index (χ2v) is 5.43. The molecule has 2 aromatic rings. The molecule has 0 aliphatic carbocycles. The van der Waals surface area contributed by atoms with Gasteiger partial charge in [-0.25, -0.2) is 0 Å². The normalized spacial score (nSPS) is 13.2. The molecule has 1 aliphatic rings. The smallest absolute Gasteiger partial charge is 0.198 e. The summed E-state index contributed by atoms with van der Waals surface area (Å²) in [7, 11) is 0. The van der Waals surface area contributed by atoms with Gasteiger partial charge in [-0.1, -0.05) is 18.2 Å². The molecule has 1 aromatic heterocycles. The van der Waals surface area contributed by atoms with Gasteiger partial charge in [0.2, 0.25) is 0 Å². The molecule has 6 heteroatoms. The van der Waals surface area contributed by atoms with Gasteiger partial charge in [-0.15, -0.1) is 24.0 Å². The van der Waals surface area contributed by atoms with E-state index in [-0.39, 0.29) is 24.0 Å². The summed E-state index contributed by atoms with van der Waals surface area (Å²) in [6.45, 7) is 5.49. The first-order valence-electron chi connectivity index (χ1n) is 8.16. The molecule has 0 unspecified atom stereocenters. The third-order valence-electron chi connectivity index (χ3n) is 3.86. The number of aliphatic imine (C=N–C) groups is 1. The Morgan fingerprint density at radius 1 is 1.21 bits per heavy atom. The van der Waals surface area contributed by atoms with Gasteiger partial charge in [0, 0.05) is 43.4 Å². The lowest BCUT2D eigenvalue weighted by Gasteiger charge is -2.22. The van der Waals surface area contributed by atoms with Crippen molar-refractivity contribution in [2.24, 2.45) is 4.99 Å². The number of anilines is 2. The molecule has 1 aliphatic heterocycles. The maximum absolute atomic E-state index is 4.76. The molecule has 128 valence electrons. The van der Waals surface area contributed by atoms with Gasteiger partial charge in [0.25, 0.3) is 0 Å². The number of guanidine groups is 1. The fourth-order valence-corrected chi connectivity index (χ4v) is 2.78. The predicted molar refractivity (Wildman–Crippen MR) is 112 cm³/mol. The number of nitrogens with zero attached hydrogens (tertiary/aromatic N) is 3. The number of nitrogens with one attached hydrogen (secondary N) is 2. The van der Waals surface area contributed by atoms with E-state index < -0.39 is 0 Å². The Morgan fingerprint density at radius 2 is 2.00 bits per heavy atom. The molecule has 0 atom stereocenters. The lowest BCUT2D eigenvalue weighted by atomic mass is 10.2. The van der Waals surface area contributed by atoms with E-state index in [1.165, 1.54) is 11.3 Å². The molecule has 24 heavy (non-hydrogen) atoms. The van der Waals surface area contributed by atoms with E-state index >= 15 is 0 Å². The fourth-order valence-electron chi connectivity index (χ4n) is 2.78. The zero-order valence-corrected chi connectivity index (χ0v) is 16.2. The molecular weight excluding hydrogens is 413 g/mol. The van der Waals surface area contributed by atoms with Crippen molar-refractivity contribution in [1.82, 2.24) is 10.3 Å². The van der Waals surface area contributed by atoms with Crippen molar-refractivity contribution in [3.05, 3.63) is 54.4 Å². The monoisotopic (exact) mass is 437 g/mol. The Morgan fingerprint density at radius 3 is 2.79 bits per heavy atom. The zero-order valence-electron chi connectivity index (χ0n) is 13.9. The van der Waals surface area contributed by atoms with Crippen molar-refractivity contribution in [2.75, 3.05) is 36.4 Å². The van der Waals surface area contributed by atoms with Crippen LogP contribution in [0.5, 0.6) is 0 Å². The van der Waals surface area contributed by atoms with Crippen LogP contribution in [0.2, 0.25) is 0 Å². The van der Waals surface area contributed by atoms with Gasteiger partial charge in [-0.3, -0.25) is 9.98 Å². The number of rotatable bonds is 5. The number of pyridine rings is 1. The number of fused-ring (bicyclic) bond motifs is 1. The van der Waals surface area contributed by atoms with Crippen LogP contribution in [0, 0.1) is 0 Å². The third kappa shape index (κ3) is 4.59. The Kier molecular flexibility index (Phi) is 7.30. The van der Waals surface area contributed by atoms with Gasteiger partial charge in [-0.2, -0.15) is 0 Å². The molecule has 0 spiro atoms. The number of aromatic nitrogens is 1. The van der Waals surface area contributed by atoms with Crippen molar-refractivity contribution in [1.29, 1.82) is 0 Å². The second kappa shape index (κ2) is 9.46. The molecule has 5 nitrogen and oxygen atoms in total. The first kappa shape index (κ1) is 18.5. The number of halogens is 1. The summed E-state index contributed by atoms with van der Waals surface area (Å²) in [5.74, 6) is 0.967. The third-order valence-corrected chi connectivity index (χ3v) is 3.86. The standard InChI is InChI=1S/C18H23N5.HI/c1-2-20-18(22-13-12-21-16-7-10-19-11-8-16)23-14-9-15-5-3-4-6-17(15)23;/h3-8,10-11H,2,9,12-14H2,1H3,(H,19,21)(H,20,22);1H. The fraction of sp³-hybridized carbons (Fsp3) is 0.333. The van der Waals surface area contributed by atoms with E-state index in [1.807, 2.05) is 12.1 Å². The Labute approximate surface area is 160 Å². The van der Waals surface area contributed by atoms with Gasteiger partial charge in [0.15, 0.2) is 5.96 Å². The van der Waals surface area contributed by atoms with Gasteiger partial charge >= 0.3 is 0 Å². The van der Waals surface area contributed by atoms with Crippen molar-refractivity contribution in [3.63, 3.8) is 0 Å². The number of benzene rings is 1. The number of para-hydroxylation sites is 1. The van der Waals surface area contributed by atoms with E-state index in [2.05, 4.69) is 51.7 Å². The Balaban J connectivity index is 0.00000208. The average Bonchev–Trinajstić information content (AvgIpc) is 3.03. The lowest BCUT2D eigenvalue weighted by molar-refractivity contribution is 0.882. The molecular formula is C18H24IN5. The van der Waals surface area contributed by atoms with Crippen LogP contribution in [0.3, 0.4) is 0 Å². The summed E-state index contributed by atoms with van der Waals surface area (Å²) < 4.78 is 0. The van der Waals surface area contributed by atoms with Crippen molar-refractivity contribution < 1.29 is 0 Å². The van der Waals surface area contributed by atoms with E-state index in [0.717, 1.165) is 44.2 Å². The summed E-state index contributed by atoms with van der Waals surface area (Å²) in [6, 6.07) is 12.5. The van der Waals surface area contributed by atoms with Crippen molar-refractivity contribution in [3.8, 4) is 0 Å². The van der Waals surface area contributed by atoms with Crippen LogP contribution in [0.4, 0.5) is 11.4 Å². The van der Waals surface area contributed by atoms with Gasteiger partial charge in [-0.05, 0) is 37.1 Å². The summed E-state index contributed by atoms with van der Waals surface area (Å²) >= 11 is 0. The lowest BCUT2D eigenvalue weighted by Crippen LogP contribution is -2.40. The van der Waals surface area contributed by atoms with Crippen LogP contribution in [-0.4, -0.2) is 37.1 Å². The number of hydrogen-bond donors (Lipinski definition) is 2. The maximum Gasteiger partial charge on any atom is 0.198 e. The molecule has 3 rings (SSSR count). The van der Waals surface area contributed by atoms with Crippen LogP contribution in [-0.2, 0) is 6.42 Å². The Bertz CT molecular complexity index is 659. The van der Waals surface area contributed by atoms with Gasteiger partial charge < -0.3 is 15.5 Å². The highest BCUT2D eigenvalue weighted by molar-refractivity contribution is 14.0. The van der Waals surface area contributed by atoms with Crippen LogP contribution >= 0.6 is 24.0 Å². The molecule has 0 bridgehead atoms. The van der Waals surface area contributed by atoms with Crippen LogP contribution in [0.25, 0.3) is 0 Å². The zero-order chi connectivity index (χ0) is 15.9. The highest BCUT2D eigenvalue weighted by Gasteiger charge is 2.22. The molecule has 2 heterocycles. The summed E-state index contributed by atoms with van der Waals surface area (Å²) in [5, 5.41) is 6.76. The SMILES string of the molecule is CCNC(=NCCNc1ccncc1)N1CCc2ccccc21.I. The van der Waals surface area contributed by atoms with Crippen LogP contribution in [0.1, 0.15) is 12.5 Å². The maximum atomic E-state index is 4.76. The minimum absolute atomic E-state index is 0. The highest BCUT2D eigenvalue weighted by atomic mass is 127. The topological polar surface area (TPSA) is 52.6 Å². The summed E-state index contributed by atoms with van der Waals surface area (Å²) in [6.07, 6.45) is 4.66. The molecule has 0 radical (unpaired) electrons. The first-order valence-corrected chi connectivity index (χ1v) is 8.16. The summed E-state index contributed by atoms with van der Waals surface area (Å²) in [4.78, 5) is 11.1. The highest BCUT2D eigenvalue weighted by Crippen LogP contribution is 2.27. The first-order chi connectivity index (χ1) is 11.4. The molecule has 0 fully saturated rings. The predicted octanol–water partition coefficient (Wildman–Crippen LogP) is 3.14. The molecule has 0 saturated heterocycles.